The van der Waals surface area contributed by atoms with Crippen LogP contribution >= 0.6 is 11.5 Å². The van der Waals surface area contributed by atoms with Gasteiger partial charge >= 0.3 is 0 Å². The Morgan fingerprint density at radius 2 is 2.36 bits per heavy atom. The lowest BCUT2D eigenvalue weighted by Crippen LogP contribution is -2.20. The number of aryl methyl sites for hydroxylation is 1. The Bertz CT molecular complexity index is 335. The zero-order valence-electron chi connectivity index (χ0n) is 8.32. The van der Waals surface area contributed by atoms with Crippen molar-refractivity contribution in [2.45, 2.75) is 39.0 Å². The molecule has 0 radical (unpaired) electrons. The zero-order chi connectivity index (χ0) is 9.97. The number of rotatable bonds is 2. The van der Waals surface area contributed by atoms with Crippen molar-refractivity contribution in [1.29, 1.82) is 0 Å². The summed E-state index contributed by atoms with van der Waals surface area (Å²) in [5, 5.41) is 3.96. The molecule has 76 valence electrons. The number of carbonyl (C=O) groups is 1. The number of ketones is 1. The van der Waals surface area contributed by atoms with E-state index in [1.165, 1.54) is 22.8 Å². The fourth-order valence-electron chi connectivity index (χ4n) is 1.93. The van der Waals surface area contributed by atoms with E-state index in [2.05, 4.69) is 9.59 Å². The molecule has 1 fully saturated rings. The van der Waals surface area contributed by atoms with E-state index >= 15 is 0 Å². The average Bonchev–Trinajstić information content (AvgIpc) is 2.56. The summed E-state index contributed by atoms with van der Waals surface area (Å²) >= 11 is 1.43. The molecule has 2 rings (SSSR count). The minimum atomic E-state index is 0.240. The fourth-order valence-corrected chi connectivity index (χ4v) is 2.64. The van der Waals surface area contributed by atoms with E-state index in [9.17, 15) is 4.79 Å². The quantitative estimate of drug-likeness (QED) is 0.751. The van der Waals surface area contributed by atoms with Crippen LogP contribution in [0, 0.1) is 12.8 Å². The van der Waals surface area contributed by atoms with E-state index in [0.717, 1.165) is 31.4 Å². The van der Waals surface area contributed by atoms with Gasteiger partial charge in [0.2, 0.25) is 0 Å². The largest absolute Gasteiger partial charge is 0.299 e. The minimum Gasteiger partial charge on any atom is -0.299 e. The van der Waals surface area contributed by atoms with Gasteiger partial charge < -0.3 is 0 Å². The van der Waals surface area contributed by atoms with Crippen molar-refractivity contribution in [3.8, 4) is 0 Å². The van der Waals surface area contributed by atoms with Crippen molar-refractivity contribution < 1.29 is 4.79 Å². The number of aromatic nitrogens is 2. The molecule has 0 aromatic carbocycles. The molecular formula is C10H14N2OS. The van der Waals surface area contributed by atoms with E-state index in [0.29, 0.717) is 5.78 Å². The van der Waals surface area contributed by atoms with Crippen molar-refractivity contribution >= 4 is 17.3 Å². The van der Waals surface area contributed by atoms with Gasteiger partial charge in [0, 0.05) is 17.2 Å². The fraction of sp³-hybridized carbons (Fsp3) is 0.700. The molecule has 0 amide bonds. The van der Waals surface area contributed by atoms with Crippen LogP contribution in [0.2, 0.25) is 0 Å². The molecule has 3 nitrogen and oxygen atoms in total. The summed E-state index contributed by atoms with van der Waals surface area (Å²) in [6.45, 7) is 1.96. The number of hydrogen-bond acceptors (Lipinski definition) is 4. The van der Waals surface area contributed by atoms with Gasteiger partial charge in [-0.3, -0.25) is 4.79 Å². The highest BCUT2D eigenvalue weighted by atomic mass is 32.1. The second kappa shape index (κ2) is 4.17. The molecule has 1 aromatic rings. The molecule has 1 atom stereocenters. The number of nitrogens with zero attached hydrogens (tertiary/aromatic N) is 2. The number of Topliss-reactive ketones (excluding diaryl/α,β-unsaturated/α-hetero) is 1. The Kier molecular flexibility index (Phi) is 2.91. The van der Waals surface area contributed by atoms with Crippen LogP contribution in [0.5, 0.6) is 0 Å². The van der Waals surface area contributed by atoms with Crippen LogP contribution < -0.4 is 0 Å². The Hall–Kier alpha value is -0.770. The normalized spacial score (nSPS) is 22.6. The number of carbonyl (C=O) groups excluding carboxylic acids is 1. The first-order valence-electron chi connectivity index (χ1n) is 5.08. The molecule has 0 saturated heterocycles. The van der Waals surface area contributed by atoms with Gasteiger partial charge in [-0.05, 0) is 37.7 Å². The Morgan fingerprint density at radius 1 is 1.50 bits per heavy atom. The summed E-state index contributed by atoms with van der Waals surface area (Å²) in [5.41, 5.74) is 0.994. The lowest BCUT2D eigenvalue weighted by Gasteiger charge is -2.19. The summed E-state index contributed by atoms with van der Waals surface area (Å²) in [6, 6.07) is 0. The van der Waals surface area contributed by atoms with Gasteiger partial charge in [0.15, 0.2) is 0 Å². The lowest BCUT2D eigenvalue weighted by atomic mass is 9.85. The molecule has 0 N–H and O–H groups in total. The van der Waals surface area contributed by atoms with Gasteiger partial charge in [0.1, 0.15) is 5.78 Å². The van der Waals surface area contributed by atoms with Crippen LogP contribution in [-0.2, 0) is 11.2 Å². The highest BCUT2D eigenvalue weighted by Crippen LogP contribution is 2.25. The topological polar surface area (TPSA) is 42.9 Å². The zero-order valence-corrected chi connectivity index (χ0v) is 9.14. The SMILES string of the molecule is Cc1nnsc1CC1CCCCC1=O. The van der Waals surface area contributed by atoms with Crippen molar-refractivity contribution in [3.63, 3.8) is 0 Å². The highest BCUT2D eigenvalue weighted by Gasteiger charge is 2.23. The first kappa shape index (κ1) is 9.77. The van der Waals surface area contributed by atoms with Gasteiger partial charge in [0.25, 0.3) is 0 Å². The molecule has 0 bridgehead atoms. The van der Waals surface area contributed by atoms with E-state index in [1.54, 1.807) is 0 Å². The first-order chi connectivity index (χ1) is 6.77. The van der Waals surface area contributed by atoms with Crippen molar-refractivity contribution in [2.75, 3.05) is 0 Å². The molecule has 1 saturated carbocycles. The summed E-state index contributed by atoms with van der Waals surface area (Å²) in [6.07, 6.45) is 4.96. The smallest absolute Gasteiger partial charge is 0.136 e. The van der Waals surface area contributed by atoms with Crippen LogP contribution in [0.25, 0.3) is 0 Å². The van der Waals surface area contributed by atoms with Gasteiger partial charge in [-0.1, -0.05) is 10.9 Å². The van der Waals surface area contributed by atoms with E-state index < -0.39 is 0 Å². The highest BCUT2D eigenvalue weighted by molar-refractivity contribution is 7.05. The second-order valence-electron chi connectivity index (χ2n) is 3.89. The first-order valence-corrected chi connectivity index (χ1v) is 5.85. The third kappa shape index (κ3) is 2.00. The minimum absolute atomic E-state index is 0.240. The molecule has 0 spiro atoms. The maximum absolute atomic E-state index is 11.6. The van der Waals surface area contributed by atoms with Gasteiger partial charge in [-0.15, -0.1) is 5.10 Å². The molecule has 0 aliphatic heterocycles. The lowest BCUT2D eigenvalue weighted by molar-refractivity contribution is -0.124. The molecule has 1 unspecified atom stereocenters. The van der Waals surface area contributed by atoms with Gasteiger partial charge in [-0.25, -0.2) is 0 Å². The number of hydrogen-bond donors (Lipinski definition) is 0. The second-order valence-corrected chi connectivity index (χ2v) is 4.73. The van der Waals surface area contributed by atoms with Crippen LogP contribution in [0.3, 0.4) is 0 Å². The summed E-state index contributed by atoms with van der Waals surface area (Å²) < 4.78 is 3.89. The summed E-state index contributed by atoms with van der Waals surface area (Å²) in [7, 11) is 0. The van der Waals surface area contributed by atoms with Gasteiger partial charge in [-0.2, -0.15) is 0 Å². The Balaban J connectivity index is 2.03. The van der Waals surface area contributed by atoms with E-state index in [1.807, 2.05) is 6.92 Å². The predicted octanol–water partition coefficient (Wildman–Crippen LogP) is 2.15. The molecule has 1 aliphatic carbocycles. The van der Waals surface area contributed by atoms with Crippen LogP contribution in [0.15, 0.2) is 0 Å². The van der Waals surface area contributed by atoms with E-state index in [-0.39, 0.29) is 5.92 Å². The molecule has 1 heterocycles. The Labute approximate surface area is 87.7 Å². The van der Waals surface area contributed by atoms with Gasteiger partial charge in [0.05, 0.1) is 5.69 Å². The molecular weight excluding hydrogens is 196 g/mol. The monoisotopic (exact) mass is 210 g/mol. The predicted molar refractivity (Wildman–Crippen MR) is 55.3 cm³/mol. The average molecular weight is 210 g/mol. The Morgan fingerprint density at radius 3 is 3.00 bits per heavy atom. The molecule has 1 aliphatic rings. The van der Waals surface area contributed by atoms with E-state index in [4.69, 9.17) is 0 Å². The molecule has 4 heteroatoms. The van der Waals surface area contributed by atoms with Crippen LogP contribution in [0.1, 0.15) is 36.3 Å². The van der Waals surface area contributed by atoms with Crippen LogP contribution in [-0.4, -0.2) is 15.4 Å². The summed E-state index contributed by atoms with van der Waals surface area (Å²) in [4.78, 5) is 12.8. The maximum atomic E-state index is 11.6. The van der Waals surface area contributed by atoms with Crippen molar-refractivity contribution in [3.05, 3.63) is 10.6 Å². The molecule has 1 aromatic heterocycles. The third-order valence-corrected chi connectivity index (χ3v) is 3.70. The van der Waals surface area contributed by atoms with Crippen molar-refractivity contribution in [2.24, 2.45) is 5.92 Å². The van der Waals surface area contributed by atoms with Crippen molar-refractivity contribution in [1.82, 2.24) is 9.59 Å². The third-order valence-electron chi connectivity index (χ3n) is 2.86. The standard InChI is InChI=1S/C10H14N2OS/c1-7-10(14-12-11-7)6-8-4-2-3-5-9(8)13/h8H,2-6H2,1H3. The molecule has 14 heavy (non-hydrogen) atoms. The maximum Gasteiger partial charge on any atom is 0.136 e. The summed E-state index contributed by atoms with van der Waals surface area (Å²) in [5.74, 6) is 0.675. The van der Waals surface area contributed by atoms with Crippen LogP contribution in [0.4, 0.5) is 0 Å².